The minimum atomic E-state index is -0.294. The number of aryl methyl sites for hydroxylation is 2. The van der Waals surface area contributed by atoms with E-state index in [2.05, 4.69) is 25.8 Å². The third-order valence-electron chi connectivity index (χ3n) is 3.47. The van der Waals surface area contributed by atoms with Crippen LogP contribution in [0.25, 0.3) is 10.6 Å². The average Bonchev–Trinajstić information content (AvgIpc) is 3.16. The number of rotatable bonds is 4. The van der Waals surface area contributed by atoms with Gasteiger partial charge in [0.2, 0.25) is 0 Å². The first kappa shape index (κ1) is 16.1. The van der Waals surface area contributed by atoms with Gasteiger partial charge in [-0.15, -0.1) is 21.5 Å². The van der Waals surface area contributed by atoms with Crippen LogP contribution in [0.2, 0.25) is 0 Å². The van der Waals surface area contributed by atoms with Crippen LogP contribution in [-0.2, 0) is 7.05 Å². The number of benzene rings is 1. The Kier molecular flexibility index (Phi) is 4.57. The molecule has 7 nitrogen and oxygen atoms in total. The summed E-state index contributed by atoms with van der Waals surface area (Å²) in [6, 6.07) is 7.08. The van der Waals surface area contributed by atoms with Crippen LogP contribution in [-0.4, -0.2) is 25.8 Å². The lowest BCUT2D eigenvalue weighted by molar-refractivity contribution is 0.248. The molecule has 8 heteroatoms. The molecule has 0 spiro atoms. The topological polar surface area (TPSA) is 84.7 Å². The Hall–Kier alpha value is -2.74. The molecule has 24 heavy (non-hydrogen) atoms. The van der Waals surface area contributed by atoms with Crippen LogP contribution in [0.15, 0.2) is 36.0 Å². The maximum absolute atomic E-state index is 12.2. The number of nitrogens with one attached hydrogen (secondary N) is 2. The molecule has 2 N–H and O–H groups in total. The van der Waals surface area contributed by atoms with Gasteiger partial charge in [0.1, 0.15) is 11.3 Å². The smallest absolute Gasteiger partial charge is 0.319 e. The van der Waals surface area contributed by atoms with E-state index in [1.54, 1.807) is 22.2 Å². The van der Waals surface area contributed by atoms with Crippen LogP contribution in [0.3, 0.4) is 0 Å². The molecule has 0 saturated carbocycles. The molecule has 3 rings (SSSR count). The van der Waals surface area contributed by atoms with Crippen molar-refractivity contribution in [1.29, 1.82) is 0 Å². The summed E-state index contributed by atoms with van der Waals surface area (Å²) in [6.45, 7) is 3.82. The summed E-state index contributed by atoms with van der Waals surface area (Å²) in [7, 11) is 1.84. The van der Waals surface area contributed by atoms with Crippen molar-refractivity contribution in [2.24, 2.45) is 7.05 Å². The summed E-state index contributed by atoms with van der Waals surface area (Å²) in [6.07, 6.45) is 1.60. The normalized spacial score (nSPS) is 12.0. The monoisotopic (exact) mass is 342 g/mol. The fourth-order valence-electron chi connectivity index (χ4n) is 2.33. The third kappa shape index (κ3) is 3.60. The van der Waals surface area contributed by atoms with Gasteiger partial charge in [-0.25, -0.2) is 9.78 Å². The first-order valence-corrected chi connectivity index (χ1v) is 8.35. The highest BCUT2D eigenvalue weighted by Crippen LogP contribution is 2.25. The molecule has 0 bridgehead atoms. The SMILES string of the molecule is Cc1csc(-c2cccc(NC(=O)NC(C)c3nncn3C)c2)n1. The van der Waals surface area contributed by atoms with E-state index in [-0.39, 0.29) is 12.1 Å². The Balaban J connectivity index is 1.67. The molecular formula is C16H18N6OS. The van der Waals surface area contributed by atoms with Gasteiger partial charge in [-0.05, 0) is 26.0 Å². The molecule has 124 valence electrons. The molecule has 0 fully saturated rings. The van der Waals surface area contributed by atoms with Crippen molar-refractivity contribution in [3.05, 3.63) is 47.5 Å². The molecule has 2 aromatic heterocycles. The van der Waals surface area contributed by atoms with Crippen LogP contribution < -0.4 is 10.6 Å². The lowest BCUT2D eigenvalue weighted by atomic mass is 10.2. The molecule has 0 aliphatic rings. The van der Waals surface area contributed by atoms with Crippen molar-refractivity contribution < 1.29 is 4.79 Å². The van der Waals surface area contributed by atoms with Gasteiger partial charge >= 0.3 is 6.03 Å². The molecule has 0 aliphatic heterocycles. The highest BCUT2D eigenvalue weighted by Gasteiger charge is 2.14. The van der Waals surface area contributed by atoms with Crippen molar-refractivity contribution in [2.75, 3.05) is 5.32 Å². The van der Waals surface area contributed by atoms with Gasteiger partial charge in [0.25, 0.3) is 0 Å². The molecule has 2 amide bonds. The van der Waals surface area contributed by atoms with E-state index in [4.69, 9.17) is 0 Å². The van der Waals surface area contributed by atoms with Crippen molar-refractivity contribution in [2.45, 2.75) is 19.9 Å². The first-order valence-electron chi connectivity index (χ1n) is 7.47. The van der Waals surface area contributed by atoms with E-state index in [1.807, 2.05) is 50.5 Å². The zero-order valence-corrected chi connectivity index (χ0v) is 14.5. The summed E-state index contributed by atoms with van der Waals surface area (Å²) >= 11 is 1.58. The van der Waals surface area contributed by atoms with Gasteiger partial charge in [0.05, 0.1) is 6.04 Å². The zero-order valence-electron chi connectivity index (χ0n) is 13.6. The summed E-state index contributed by atoms with van der Waals surface area (Å²) in [4.78, 5) is 16.7. The Labute approximate surface area is 143 Å². The van der Waals surface area contributed by atoms with Gasteiger partial charge < -0.3 is 15.2 Å². The second-order valence-corrected chi connectivity index (χ2v) is 6.35. The quantitative estimate of drug-likeness (QED) is 0.763. The van der Waals surface area contributed by atoms with E-state index in [0.29, 0.717) is 11.5 Å². The zero-order chi connectivity index (χ0) is 17.1. The highest BCUT2D eigenvalue weighted by atomic mass is 32.1. The van der Waals surface area contributed by atoms with E-state index >= 15 is 0 Å². The number of hydrogen-bond acceptors (Lipinski definition) is 5. The van der Waals surface area contributed by atoms with E-state index in [0.717, 1.165) is 16.3 Å². The van der Waals surface area contributed by atoms with Crippen LogP contribution in [0.1, 0.15) is 24.5 Å². The van der Waals surface area contributed by atoms with Gasteiger partial charge in [-0.2, -0.15) is 0 Å². The second kappa shape index (κ2) is 6.79. The van der Waals surface area contributed by atoms with Crippen LogP contribution in [0, 0.1) is 6.92 Å². The predicted octanol–water partition coefficient (Wildman–Crippen LogP) is 3.13. The molecule has 2 heterocycles. The molecule has 1 unspecified atom stereocenters. The number of carbonyl (C=O) groups excluding carboxylic acids is 1. The molecule has 1 aromatic carbocycles. The molecule has 3 aromatic rings. The van der Waals surface area contributed by atoms with Gasteiger partial charge in [-0.3, -0.25) is 0 Å². The average molecular weight is 342 g/mol. The van der Waals surface area contributed by atoms with Gasteiger partial charge in [0, 0.05) is 29.4 Å². The van der Waals surface area contributed by atoms with Crippen LogP contribution in [0.4, 0.5) is 10.5 Å². The molecule has 0 aliphatic carbocycles. The summed E-state index contributed by atoms with van der Waals surface area (Å²) in [5, 5.41) is 16.4. The maximum atomic E-state index is 12.2. The Bertz CT molecular complexity index is 856. The lowest BCUT2D eigenvalue weighted by Gasteiger charge is -2.14. The lowest BCUT2D eigenvalue weighted by Crippen LogP contribution is -2.32. The molecule has 1 atom stereocenters. The number of hydrogen-bond donors (Lipinski definition) is 2. The second-order valence-electron chi connectivity index (χ2n) is 5.50. The largest absolute Gasteiger partial charge is 0.328 e. The van der Waals surface area contributed by atoms with Gasteiger partial charge in [-0.1, -0.05) is 12.1 Å². The predicted molar refractivity (Wildman–Crippen MR) is 93.9 cm³/mol. The Morgan fingerprint density at radius 2 is 2.21 bits per heavy atom. The maximum Gasteiger partial charge on any atom is 0.319 e. The van der Waals surface area contributed by atoms with Crippen molar-refractivity contribution in [1.82, 2.24) is 25.1 Å². The van der Waals surface area contributed by atoms with E-state index < -0.39 is 0 Å². The first-order chi connectivity index (χ1) is 11.5. The standard InChI is InChI=1S/C16H18N6OS/c1-10-8-24-15(18-10)12-5-4-6-13(7-12)20-16(23)19-11(2)14-21-17-9-22(14)3/h4-9,11H,1-3H3,(H2,19,20,23). The number of thiazole rings is 1. The fourth-order valence-corrected chi connectivity index (χ4v) is 3.12. The van der Waals surface area contributed by atoms with E-state index in [9.17, 15) is 4.79 Å². The number of carbonyl (C=O) groups is 1. The minimum absolute atomic E-state index is 0.248. The summed E-state index contributed by atoms with van der Waals surface area (Å²) in [5.74, 6) is 0.692. The molecule has 0 saturated heterocycles. The fraction of sp³-hybridized carbons (Fsp3) is 0.250. The number of anilines is 1. The molecular weight excluding hydrogens is 324 g/mol. The van der Waals surface area contributed by atoms with Gasteiger partial charge in [0.15, 0.2) is 5.82 Å². The highest BCUT2D eigenvalue weighted by molar-refractivity contribution is 7.13. The number of nitrogens with zero attached hydrogens (tertiary/aromatic N) is 4. The number of urea groups is 1. The van der Waals surface area contributed by atoms with Crippen molar-refractivity contribution in [3.63, 3.8) is 0 Å². The Morgan fingerprint density at radius 1 is 1.38 bits per heavy atom. The van der Waals surface area contributed by atoms with Crippen molar-refractivity contribution >= 4 is 23.1 Å². The number of aromatic nitrogens is 4. The summed E-state index contributed by atoms with van der Waals surface area (Å²) < 4.78 is 1.77. The minimum Gasteiger partial charge on any atom is -0.328 e. The number of amides is 2. The van der Waals surface area contributed by atoms with Crippen LogP contribution >= 0.6 is 11.3 Å². The molecule has 0 radical (unpaired) electrons. The summed E-state index contributed by atoms with van der Waals surface area (Å²) in [5.41, 5.74) is 2.68. The third-order valence-corrected chi connectivity index (χ3v) is 4.48. The Morgan fingerprint density at radius 3 is 2.88 bits per heavy atom. The van der Waals surface area contributed by atoms with Crippen LogP contribution in [0.5, 0.6) is 0 Å². The van der Waals surface area contributed by atoms with Crippen molar-refractivity contribution in [3.8, 4) is 10.6 Å². The van der Waals surface area contributed by atoms with E-state index in [1.165, 1.54) is 0 Å².